The van der Waals surface area contributed by atoms with Gasteiger partial charge in [0.25, 0.3) is 0 Å². The molecule has 1 unspecified atom stereocenters. The zero-order valence-electron chi connectivity index (χ0n) is 15.2. The Labute approximate surface area is 158 Å². The van der Waals surface area contributed by atoms with E-state index in [-0.39, 0.29) is 18.2 Å². The number of rotatable bonds is 7. The molecule has 27 heavy (non-hydrogen) atoms. The molecule has 0 aliphatic carbocycles. The van der Waals surface area contributed by atoms with Gasteiger partial charge >= 0.3 is 0 Å². The molecular weight excluding hydrogens is 368 g/mol. The third kappa shape index (κ3) is 4.34. The van der Waals surface area contributed by atoms with E-state index < -0.39 is 16.1 Å². The lowest BCUT2D eigenvalue weighted by Gasteiger charge is -2.23. The second-order valence-electron chi connectivity index (χ2n) is 6.46. The zero-order chi connectivity index (χ0) is 19.4. The molecule has 1 aliphatic heterocycles. The summed E-state index contributed by atoms with van der Waals surface area (Å²) < 4.78 is 26.0. The number of H-pyrrole nitrogens is 1. The minimum Gasteiger partial charge on any atom is -0.325 e. The molecule has 1 aromatic carbocycles. The van der Waals surface area contributed by atoms with Gasteiger partial charge in [-0.05, 0) is 43.5 Å². The SMILES string of the molecule is CCCS(=O)(=O)N1CCCC1C(=O)Nc1ccc(-c2n[nH]c(CN)n2)cc1. The van der Waals surface area contributed by atoms with E-state index in [1.807, 2.05) is 6.92 Å². The first-order valence-corrected chi connectivity index (χ1v) is 10.6. The van der Waals surface area contributed by atoms with Crippen molar-refractivity contribution in [1.82, 2.24) is 19.5 Å². The van der Waals surface area contributed by atoms with Crippen LogP contribution in [0.4, 0.5) is 5.69 Å². The van der Waals surface area contributed by atoms with Gasteiger partial charge in [-0.1, -0.05) is 6.92 Å². The highest BCUT2D eigenvalue weighted by Crippen LogP contribution is 2.24. The van der Waals surface area contributed by atoms with Crippen molar-refractivity contribution in [2.75, 3.05) is 17.6 Å². The molecule has 1 aliphatic rings. The molecule has 0 bridgehead atoms. The minimum atomic E-state index is -3.40. The topological polar surface area (TPSA) is 134 Å². The van der Waals surface area contributed by atoms with Gasteiger partial charge in [0.05, 0.1) is 12.3 Å². The molecule has 1 saturated heterocycles. The first-order chi connectivity index (χ1) is 12.9. The summed E-state index contributed by atoms with van der Waals surface area (Å²) in [7, 11) is -3.40. The number of nitrogens with two attached hydrogens (primary N) is 1. The normalized spacial score (nSPS) is 17.9. The van der Waals surface area contributed by atoms with Crippen molar-refractivity contribution in [3.8, 4) is 11.4 Å². The molecule has 1 aromatic heterocycles. The lowest BCUT2D eigenvalue weighted by molar-refractivity contribution is -0.119. The Kier molecular flexibility index (Phi) is 5.88. The average molecular weight is 392 g/mol. The van der Waals surface area contributed by atoms with Crippen LogP contribution >= 0.6 is 0 Å². The third-order valence-corrected chi connectivity index (χ3v) is 6.54. The number of aromatic nitrogens is 3. The van der Waals surface area contributed by atoms with E-state index >= 15 is 0 Å². The molecule has 0 saturated carbocycles. The van der Waals surface area contributed by atoms with Crippen molar-refractivity contribution in [3.63, 3.8) is 0 Å². The number of amides is 1. The predicted octanol–water partition coefficient (Wildman–Crippen LogP) is 1.07. The van der Waals surface area contributed by atoms with E-state index in [0.29, 0.717) is 43.1 Å². The molecule has 10 heteroatoms. The van der Waals surface area contributed by atoms with Gasteiger partial charge in [-0.2, -0.15) is 9.40 Å². The molecule has 2 aromatic rings. The van der Waals surface area contributed by atoms with Crippen LogP contribution in [0, 0.1) is 0 Å². The molecule has 4 N–H and O–H groups in total. The molecule has 0 spiro atoms. The largest absolute Gasteiger partial charge is 0.325 e. The Hall–Kier alpha value is -2.30. The van der Waals surface area contributed by atoms with Crippen LogP contribution in [0.3, 0.4) is 0 Å². The van der Waals surface area contributed by atoms with Crippen LogP contribution in [0.5, 0.6) is 0 Å². The molecule has 9 nitrogen and oxygen atoms in total. The van der Waals surface area contributed by atoms with Crippen molar-refractivity contribution >= 4 is 21.6 Å². The number of nitrogens with one attached hydrogen (secondary N) is 2. The van der Waals surface area contributed by atoms with Crippen LogP contribution in [-0.4, -0.2) is 52.2 Å². The summed E-state index contributed by atoms with van der Waals surface area (Å²) in [6.45, 7) is 2.49. The second-order valence-corrected chi connectivity index (χ2v) is 8.50. The minimum absolute atomic E-state index is 0.0624. The number of nitrogens with zero attached hydrogens (tertiary/aromatic N) is 3. The highest BCUT2D eigenvalue weighted by Gasteiger charge is 2.38. The molecular formula is C17H24N6O3S. The van der Waals surface area contributed by atoms with Gasteiger partial charge in [0, 0.05) is 17.8 Å². The standard InChI is InChI=1S/C17H24N6O3S/c1-2-10-27(25,26)23-9-3-4-14(23)17(24)19-13-7-5-12(6-8-13)16-20-15(11-18)21-22-16/h5-8,14H,2-4,9-11,18H2,1H3,(H,19,24)(H,20,21,22). The lowest BCUT2D eigenvalue weighted by Crippen LogP contribution is -2.44. The van der Waals surface area contributed by atoms with Crippen molar-refractivity contribution < 1.29 is 13.2 Å². The average Bonchev–Trinajstić information content (AvgIpc) is 3.32. The van der Waals surface area contributed by atoms with E-state index in [2.05, 4.69) is 20.5 Å². The third-order valence-electron chi connectivity index (χ3n) is 4.46. The van der Waals surface area contributed by atoms with E-state index in [1.165, 1.54) is 4.31 Å². The highest BCUT2D eigenvalue weighted by atomic mass is 32.2. The quantitative estimate of drug-likeness (QED) is 0.645. The Morgan fingerprint density at radius 2 is 2.11 bits per heavy atom. The van der Waals surface area contributed by atoms with Gasteiger partial charge in [-0.15, -0.1) is 0 Å². The summed E-state index contributed by atoms with van der Waals surface area (Å²) in [6, 6.07) is 6.41. The van der Waals surface area contributed by atoms with Crippen molar-refractivity contribution in [1.29, 1.82) is 0 Å². The van der Waals surface area contributed by atoms with Gasteiger partial charge < -0.3 is 11.1 Å². The molecule has 146 valence electrons. The summed E-state index contributed by atoms with van der Waals surface area (Å²) in [5, 5.41) is 9.65. The molecule has 1 atom stereocenters. The van der Waals surface area contributed by atoms with Gasteiger partial charge in [-0.25, -0.2) is 13.4 Å². The van der Waals surface area contributed by atoms with Gasteiger partial charge in [0.2, 0.25) is 15.9 Å². The van der Waals surface area contributed by atoms with Crippen LogP contribution in [0.1, 0.15) is 32.0 Å². The van der Waals surface area contributed by atoms with Crippen molar-refractivity contribution in [3.05, 3.63) is 30.1 Å². The Bertz CT molecular complexity index is 894. The number of hydrogen-bond acceptors (Lipinski definition) is 6. The predicted molar refractivity (Wildman–Crippen MR) is 102 cm³/mol. The number of carbonyl (C=O) groups is 1. The van der Waals surface area contributed by atoms with E-state index in [4.69, 9.17) is 5.73 Å². The zero-order valence-corrected chi connectivity index (χ0v) is 16.0. The van der Waals surface area contributed by atoms with Crippen LogP contribution in [0.2, 0.25) is 0 Å². The smallest absolute Gasteiger partial charge is 0.242 e. The molecule has 0 radical (unpaired) electrons. The maximum absolute atomic E-state index is 12.6. The fourth-order valence-corrected chi connectivity index (χ4v) is 4.90. The maximum atomic E-state index is 12.6. The Morgan fingerprint density at radius 3 is 2.74 bits per heavy atom. The molecule has 2 heterocycles. The fraction of sp³-hybridized carbons (Fsp3) is 0.471. The molecule has 3 rings (SSSR count). The summed E-state index contributed by atoms with van der Waals surface area (Å²) in [6.07, 6.45) is 1.75. The lowest BCUT2D eigenvalue weighted by atomic mass is 10.1. The van der Waals surface area contributed by atoms with E-state index in [9.17, 15) is 13.2 Å². The Balaban J connectivity index is 1.68. The summed E-state index contributed by atoms with van der Waals surface area (Å²) >= 11 is 0. The summed E-state index contributed by atoms with van der Waals surface area (Å²) in [4.78, 5) is 16.9. The number of carbonyl (C=O) groups excluding carboxylic acids is 1. The Morgan fingerprint density at radius 1 is 1.37 bits per heavy atom. The summed E-state index contributed by atoms with van der Waals surface area (Å²) in [5.74, 6) is 0.883. The molecule has 1 fully saturated rings. The first kappa shape index (κ1) is 19.5. The summed E-state index contributed by atoms with van der Waals surface area (Å²) in [5.41, 5.74) is 6.90. The number of aromatic amines is 1. The number of benzene rings is 1. The van der Waals surface area contributed by atoms with Crippen LogP contribution < -0.4 is 11.1 Å². The fourth-order valence-electron chi connectivity index (χ4n) is 3.15. The van der Waals surface area contributed by atoms with Gasteiger partial charge in [0.15, 0.2) is 5.82 Å². The number of sulfonamides is 1. The van der Waals surface area contributed by atoms with E-state index in [1.54, 1.807) is 24.3 Å². The van der Waals surface area contributed by atoms with Gasteiger partial charge in [0.1, 0.15) is 11.9 Å². The van der Waals surface area contributed by atoms with Crippen LogP contribution in [0.15, 0.2) is 24.3 Å². The monoisotopic (exact) mass is 392 g/mol. The van der Waals surface area contributed by atoms with Crippen molar-refractivity contribution in [2.24, 2.45) is 5.73 Å². The number of anilines is 1. The van der Waals surface area contributed by atoms with Gasteiger partial charge in [-0.3, -0.25) is 9.89 Å². The highest BCUT2D eigenvalue weighted by molar-refractivity contribution is 7.89. The second kappa shape index (κ2) is 8.15. The van der Waals surface area contributed by atoms with Crippen LogP contribution in [-0.2, 0) is 21.4 Å². The van der Waals surface area contributed by atoms with Crippen LogP contribution in [0.25, 0.3) is 11.4 Å². The van der Waals surface area contributed by atoms with Crippen molar-refractivity contribution in [2.45, 2.75) is 38.8 Å². The first-order valence-electron chi connectivity index (χ1n) is 8.96. The molecule has 1 amide bonds. The number of hydrogen-bond donors (Lipinski definition) is 3. The van der Waals surface area contributed by atoms with E-state index in [0.717, 1.165) is 5.56 Å². The maximum Gasteiger partial charge on any atom is 0.242 e.